The Balaban J connectivity index is 1.71. The lowest BCUT2D eigenvalue weighted by molar-refractivity contribution is 0.237. The van der Waals surface area contributed by atoms with Gasteiger partial charge in [0, 0.05) is 20.8 Å². The number of urea groups is 1. The summed E-state index contributed by atoms with van der Waals surface area (Å²) in [7, 11) is 0. The molecule has 1 aromatic heterocycles. The van der Waals surface area contributed by atoms with Crippen LogP contribution in [-0.2, 0) is 6.54 Å². The summed E-state index contributed by atoms with van der Waals surface area (Å²) in [5.41, 5.74) is 0. The number of thiophene rings is 1. The molecule has 0 spiro atoms. The molecule has 2 rings (SSSR count). The molecule has 2 N–H and O–H groups in total. The zero-order valence-corrected chi connectivity index (χ0v) is 11.4. The van der Waals surface area contributed by atoms with Gasteiger partial charge in [0.15, 0.2) is 0 Å². The second-order valence-electron chi connectivity index (χ2n) is 4.04. The summed E-state index contributed by atoms with van der Waals surface area (Å²) < 4.78 is 1.07. The molecular formula is C11H15BrN2OS. The topological polar surface area (TPSA) is 41.1 Å². The van der Waals surface area contributed by atoms with E-state index in [0.717, 1.165) is 22.2 Å². The van der Waals surface area contributed by atoms with Crippen LogP contribution in [0.25, 0.3) is 0 Å². The molecule has 2 amide bonds. The highest BCUT2D eigenvalue weighted by molar-refractivity contribution is 9.10. The van der Waals surface area contributed by atoms with Gasteiger partial charge in [0.2, 0.25) is 0 Å². The summed E-state index contributed by atoms with van der Waals surface area (Å²) in [6.07, 6.45) is 4.72. The Morgan fingerprint density at radius 1 is 1.50 bits per heavy atom. The fraction of sp³-hybridized carbons (Fsp3) is 0.545. The molecule has 0 aromatic carbocycles. The Labute approximate surface area is 108 Å². The first-order valence-electron chi connectivity index (χ1n) is 5.51. The highest BCUT2D eigenvalue weighted by Gasteiger charge is 2.16. The number of amides is 2. The van der Waals surface area contributed by atoms with E-state index in [4.69, 9.17) is 0 Å². The van der Waals surface area contributed by atoms with Crippen LogP contribution in [0.5, 0.6) is 0 Å². The molecule has 0 radical (unpaired) electrons. The number of hydrogen-bond donors (Lipinski definition) is 2. The molecule has 1 aliphatic carbocycles. The maximum atomic E-state index is 11.5. The van der Waals surface area contributed by atoms with Gasteiger partial charge in [0.1, 0.15) is 0 Å². The van der Waals surface area contributed by atoms with E-state index < -0.39 is 0 Å². The second-order valence-corrected chi connectivity index (χ2v) is 5.95. The van der Waals surface area contributed by atoms with Crippen molar-refractivity contribution in [3.05, 3.63) is 20.8 Å². The standard InChI is InChI=1S/C11H15BrN2OS/c12-8-5-10(16-7-8)6-13-11(15)14-9-3-1-2-4-9/h5,7,9H,1-4,6H2,(H2,13,14,15). The Kier molecular flexibility index (Phi) is 4.23. The van der Waals surface area contributed by atoms with Gasteiger partial charge in [0.05, 0.1) is 6.54 Å². The van der Waals surface area contributed by atoms with E-state index in [1.165, 1.54) is 12.8 Å². The molecule has 0 saturated heterocycles. The van der Waals surface area contributed by atoms with E-state index in [9.17, 15) is 4.79 Å². The predicted octanol–water partition coefficient (Wildman–Crippen LogP) is 3.25. The van der Waals surface area contributed by atoms with Gasteiger partial charge in [-0.2, -0.15) is 0 Å². The molecule has 1 fully saturated rings. The first kappa shape index (κ1) is 11.9. The minimum Gasteiger partial charge on any atom is -0.335 e. The van der Waals surface area contributed by atoms with Gasteiger partial charge in [-0.15, -0.1) is 11.3 Å². The Hall–Kier alpha value is -0.550. The first-order valence-corrected chi connectivity index (χ1v) is 7.18. The third kappa shape index (κ3) is 3.49. The van der Waals surface area contributed by atoms with Gasteiger partial charge in [-0.1, -0.05) is 12.8 Å². The summed E-state index contributed by atoms with van der Waals surface area (Å²) in [5, 5.41) is 7.90. The molecule has 88 valence electrons. The molecule has 1 heterocycles. The molecule has 0 atom stereocenters. The second kappa shape index (κ2) is 5.68. The van der Waals surface area contributed by atoms with Crippen LogP contribution in [-0.4, -0.2) is 12.1 Å². The van der Waals surface area contributed by atoms with Crippen molar-refractivity contribution in [2.45, 2.75) is 38.3 Å². The van der Waals surface area contributed by atoms with Crippen LogP contribution in [0.3, 0.4) is 0 Å². The van der Waals surface area contributed by atoms with Crippen LogP contribution < -0.4 is 10.6 Å². The summed E-state index contributed by atoms with van der Waals surface area (Å²) >= 11 is 5.04. The molecule has 3 nitrogen and oxygen atoms in total. The van der Waals surface area contributed by atoms with Crippen LogP contribution >= 0.6 is 27.3 Å². The average molecular weight is 303 g/mol. The molecule has 1 saturated carbocycles. The summed E-state index contributed by atoms with van der Waals surface area (Å²) in [6, 6.07) is 2.37. The van der Waals surface area contributed by atoms with Gasteiger partial charge in [-0.3, -0.25) is 0 Å². The zero-order chi connectivity index (χ0) is 11.4. The largest absolute Gasteiger partial charge is 0.335 e. The monoisotopic (exact) mass is 302 g/mol. The van der Waals surface area contributed by atoms with Crippen LogP contribution in [0.4, 0.5) is 4.79 Å². The third-order valence-electron chi connectivity index (χ3n) is 2.74. The normalized spacial score (nSPS) is 16.3. The van der Waals surface area contributed by atoms with Crippen molar-refractivity contribution in [3.8, 4) is 0 Å². The van der Waals surface area contributed by atoms with Gasteiger partial charge >= 0.3 is 6.03 Å². The van der Waals surface area contributed by atoms with Gasteiger partial charge in [-0.25, -0.2) is 4.79 Å². The van der Waals surface area contributed by atoms with Crippen molar-refractivity contribution in [3.63, 3.8) is 0 Å². The maximum Gasteiger partial charge on any atom is 0.315 e. The van der Waals surface area contributed by atoms with Crippen LogP contribution in [0.1, 0.15) is 30.6 Å². The third-order valence-corrected chi connectivity index (χ3v) is 4.43. The number of carbonyl (C=O) groups excluding carboxylic acids is 1. The van der Waals surface area contributed by atoms with E-state index in [0.29, 0.717) is 12.6 Å². The Bertz CT molecular complexity index is 361. The molecule has 5 heteroatoms. The quantitative estimate of drug-likeness (QED) is 0.884. The van der Waals surface area contributed by atoms with Gasteiger partial charge in [0.25, 0.3) is 0 Å². The molecule has 1 aliphatic rings. The number of nitrogens with one attached hydrogen (secondary N) is 2. The minimum absolute atomic E-state index is 0.0450. The average Bonchev–Trinajstić information content (AvgIpc) is 2.87. The Morgan fingerprint density at radius 2 is 2.25 bits per heavy atom. The van der Waals surface area contributed by atoms with Gasteiger partial charge in [-0.05, 0) is 34.8 Å². The SMILES string of the molecule is O=C(NCc1cc(Br)cs1)NC1CCCC1. The highest BCUT2D eigenvalue weighted by atomic mass is 79.9. The maximum absolute atomic E-state index is 11.5. The van der Waals surface area contributed by atoms with Crippen molar-refractivity contribution in [2.75, 3.05) is 0 Å². The lowest BCUT2D eigenvalue weighted by atomic mass is 10.2. The van der Waals surface area contributed by atoms with Crippen molar-refractivity contribution >= 4 is 33.3 Å². The fourth-order valence-electron chi connectivity index (χ4n) is 1.92. The van der Waals surface area contributed by atoms with Gasteiger partial charge < -0.3 is 10.6 Å². The molecule has 0 aliphatic heterocycles. The number of hydrogen-bond acceptors (Lipinski definition) is 2. The molecular weight excluding hydrogens is 288 g/mol. The van der Waals surface area contributed by atoms with E-state index >= 15 is 0 Å². The number of carbonyl (C=O) groups is 1. The van der Waals surface area contributed by atoms with E-state index in [-0.39, 0.29) is 6.03 Å². The Morgan fingerprint density at radius 3 is 2.88 bits per heavy atom. The van der Waals surface area contributed by atoms with Crippen LogP contribution in [0, 0.1) is 0 Å². The van der Waals surface area contributed by atoms with E-state index in [2.05, 4.69) is 26.6 Å². The van der Waals surface area contributed by atoms with Crippen LogP contribution in [0.2, 0.25) is 0 Å². The molecule has 0 unspecified atom stereocenters. The molecule has 0 bridgehead atoms. The van der Waals surface area contributed by atoms with Crippen molar-refractivity contribution in [1.82, 2.24) is 10.6 Å². The summed E-state index contributed by atoms with van der Waals surface area (Å²) in [5.74, 6) is 0. The smallest absolute Gasteiger partial charge is 0.315 e. The molecule has 1 aromatic rings. The zero-order valence-electron chi connectivity index (χ0n) is 8.96. The van der Waals surface area contributed by atoms with Crippen LogP contribution in [0.15, 0.2) is 15.9 Å². The number of halogens is 1. The summed E-state index contributed by atoms with van der Waals surface area (Å²) in [6.45, 7) is 0.606. The molecule has 16 heavy (non-hydrogen) atoms. The lowest BCUT2D eigenvalue weighted by Crippen LogP contribution is -2.40. The van der Waals surface area contributed by atoms with E-state index in [1.807, 2.05) is 11.4 Å². The van der Waals surface area contributed by atoms with Crippen molar-refractivity contribution < 1.29 is 4.79 Å². The lowest BCUT2D eigenvalue weighted by Gasteiger charge is -2.12. The van der Waals surface area contributed by atoms with Crippen molar-refractivity contribution in [1.29, 1.82) is 0 Å². The number of rotatable bonds is 3. The van der Waals surface area contributed by atoms with E-state index in [1.54, 1.807) is 11.3 Å². The first-order chi connectivity index (χ1) is 7.74. The van der Waals surface area contributed by atoms with Crippen molar-refractivity contribution in [2.24, 2.45) is 0 Å². The highest BCUT2D eigenvalue weighted by Crippen LogP contribution is 2.19. The predicted molar refractivity (Wildman–Crippen MR) is 69.6 cm³/mol. The summed E-state index contributed by atoms with van der Waals surface area (Å²) in [4.78, 5) is 12.7. The fourth-order valence-corrected chi connectivity index (χ4v) is 3.31. The minimum atomic E-state index is -0.0450.